The maximum atomic E-state index is 10.7. The van der Waals surface area contributed by atoms with Crippen molar-refractivity contribution in [2.45, 2.75) is 19.8 Å². The number of rotatable bonds is 6. The van der Waals surface area contributed by atoms with E-state index in [0.29, 0.717) is 10.7 Å². The third-order valence-electron chi connectivity index (χ3n) is 2.56. The number of nitro groups is 1. The third-order valence-corrected chi connectivity index (χ3v) is 2.97. The van der Waals surface area contributed by atoms with Crippen LogP contribution in [0.1, 0.15) is 25.3 Å². The molecular formula is C13H18N4O2S. The normalized spacial score (nSPS) is 10.5. The number of benzene rings is 1. The van der Waals surface area contributed by atoms with Crippen LogP contribution in [0.4, 0.5) is 5.69 Å². The van der Waals surface area contributed by atoms with Crippen LogP contribution >= 0.6 is 12.2 Å². The summed E-state index contributed by atoms with van der Waals surface area (Å²) in [5.41, 5.74) is 0.697. The lowest BCUT2D eigenvalue weighted by Crippen LogP contribution is -2.34. The van der Waals surface area contributed by atoms with E-state index in [9.17, 15) is 10.1 Å². The number of hydrogen-bond donors (Lipinski definition) is 1. The second-order valence-electron chi connectivity index (χ2n) is 4.21. The molecule has 0 fully saturated rings. The number of non-ortho nitro benzene ring substituents is 1. The molecule has 0 radical (unpaired) electrons. The van der Waals surface area contributed by atoms with Crippen molar-refractivity contribution in [3.8, 4) is 0 Å². The molecule has 6 nitrogen and oxygen atoms in total. The Hall–Kier alpha value is -2.02. The van der Waals surface area contributed by atoms with Crippen molar-refractivity contribution < 1.29 is 4.92 Å². The number of unbranched alkanes of at least 4 members (excludes halogenated alkanes) is 1. The van der Waals surface area contributed by atoms with E-state index in [0.717, 1.165) is 19.4 Å². The monoisotopic (exact) mass is 294 g/mol. The molecule has 0 saturated heterocycles. The summed E-state index contributed by atoms with van der Waals surface area (Å²) in [6, 6.07) is 6.28. The van der Waals surface area contributed by atoms with Gasteiger partial charge in [-0.05, 0) is 18.6 Å². The van der Waals surface area contributed by atoms with E-state index in [-0.39, 0.29) is 5.69 Å². The predicted molar refractivity (Wildman–Crippen MR) is 84.0 cm³/mol. The fourth-order valence-electron chi connectivity index (χ4n) is 1.41. The van der Waals surface area contributed by atoms with Crippen LogP contribution in [-0.2, 0) is 0 Å². The molecule has 7 heteroatoms. The van der Waals surface area contributed by atoms with Crippen molar-refractivity contribution in [2.75, 3.05) is 13.6 Å². The van der Waals surface area contributed by atoms with Gasteiger partial charge in [0, 0.05) is 31.3 Å². The summed E-state index contributed by atoms with van der Waals surface area (Å²) in [5, 5.41) is 20.0. The van der Waals surface area contributed by atoms with Crippen molar-refractivity contribution in [1.29, 1.82) is 0 Å². The van der Waals surface area contributed by atoms with Crippen LogP contribution in [0.15, 0.2) is 29.4 Å². The molecule has 108 valence electrons. The highest BCUT2D eigenvalue weighted by Gasteiger charge is 2.05. The van der Waals surface area contributed by atoms with Crippen molar-refractivity contribution in [3.63, 3.8) is 0 Å². The molecular weight excluding hydrogens is 276 g/mol. The summed E-state index contributed by atoms with van der Waals surface area (Å²) in [5.74, 6) is 0. The third kappa shape index (κ3) is 5.31. The van der Waals surface area contributed by atoms with Crippen molar-refractivity contribution in [2.24, 2.45) is 5.10 Å². The quantitative estimate of drug-likeness (QED) is 0.287. The largest absolute Gasteiger partial charge is 0.361 e. The lowest BCUT2D eigenvalue weighted by atomic mass is 10.2. The predicted octanol–water partition coefficient (Wildman–Crippen LogP) is 2.54. The smallest absolute Gasteiger partial charge is 0.270 e. The van der Waals surface area contributed by atoms with Gasteiger partial charge in [0.15, 0.2) is 5.11 Å². The molecule has 1 aromatic carbocycles. The standard InChI is InChI=1S/C13H18N4O2S/c1-3-4-8-14-13(20)16(2)15-10-11-6-5-7-12(9-11)17(18)19/h5-7,9-10H,3-4,8H2,1-2H3,(H,14,20)/b15-10-. The van der Waals surface area contributed by atoms with Gasteiger partial charge in [0.2, 0.25) is 0 Å². The van der Waals surface area contributed by atoms with Gasteiger partial charge in [-0.1, -0.05) is 25.5 Å². The first-order valence-corrected chi connectivity index (χ1v) is 6.75. The topological polar surface area (TPSA) is 70.8 Å². The second-order valence-corrected chi connectivity index (χ2v) is 4.59. The van der Waals surface area contributed by atoms with E-state index in [2.05, 4.69) is 17.3 Å². The number of nitrogens with zero attached hydrogens (tertiary/aromatic N) is 3. The minimum absolute atomic E-state index is 0.0419. The molecule has 20 heavy (non-hydrogen) atoms. The van der Waals surface area contributed by atoms with Crippen LogP contribution < -0.4 is 5.32 Å². The first-order chi connectivity index (χ1) is 9.54. The number of nitro benzene ring substituents is 1. The minimum atomic E-state index is -0.433. The van der Waals surface area contributed by atoms with Crippen LogP contribution in [-0.4, -0.2) is 34.9 Å². The Balaban J connectivity index is 2.60. The Morgan fingerprint density at radius 1 is 1.60 bits per heavy atom. The van der Waals surface area contributed by atoms with Crippen molar-refractivity contribution in [3.05, 3.63) is 39.9 Å². The van der Waals surface area contributed by atoms with Crippen molar-refractivity contribution in [1.82, 2.24) is 10.3 Å². The Morgan fingerprint density at radius 2 is 2.35 bits per heavy atom. The first-order valence-electron chi connectivity index (χ1n) is 6.34. The Bertz CT molecular complexity index is 505. The average molecular weight is 294 g/mol. The van der Waals surface area contributed by atoms with E-state index < -0.39 is 4.92 Å². The number of nitrogens with one attached hydrogen (secondary N) is 1. The molecule has 0 bridgehead atoms. The maximum absolute atomic E-state index is 10.7. The van der Waals surface area contributed by atoms with Gasteiger partial charge in [-0.25, -0.2) is 5.01 Å². The first kappa shape index (κ1) is 16.0. The molecule has 0 aliphatic heterocycles. The highest BCUT2D eigenvalue weighted by molar-refractivity contribution is 7.80. The van der Waals surface area contributed by atoms with E-state index >= 15 is 0 Å². The SMILES string of the molecule is CCCCNC(=S)N(C)/N=C\c1cccc([N+](=O)[O-])c1. The summed E-state index contributed by atoms with van der Waals surface area (Å²) in [4.78, 5) is 10.2. The molecule has 0 amide bonds. The van der Waals surface area contributed by atoms with E-state index in [4.69, 9.17) is 12.2 Å². The number of thiocarbonyl (C=S) groups is 1. The van der Waals surface area contributed by atoms with Crippen LogP contribution in [0, 0.1) is 10.1 Å². The van der Waals surface area contributed by atoms with Gasteiger partial charge < -0.3 is 5.32 Å². The van der Waals surface area contributed by atoms with Gasteiger partial charge in [-0.2, -0.15) is 5.10 Å². The van der Waals surface area contributed by atoms with Gasteiger partial charge in [0.25, 0.3) is 5.69 Å². The molecule has 1 aromatic rings. The zero-order valence-electron chi connectivity index (χ0n) is 11.6. The maximum Gasteiger partial charge on any atom is 0.270 e. The number of hydrazone groups is 1. The van der Waals surface area contributed by atoms with Gasteiger partial charge in [0.1, 0.15) is 0 Å². The Kier molecular flexibility index (Phi) is 6.58. The average Bonchev–Trinajstić information content (AvgIpc) is 2.45. The fraction of sp³-hybridized carbons (Fsp3) is 0.385. The highest BCUT2D eigenvalue weighted by Crippen LogP contribution is 2.11. The highest BCUT2D eigenvalue weighted by atomic mass is 32.1. The molecule has 0 aromatic heterocycles. The molecule has 1 N–H and O–H groups in total. The Morgan fingerprint density at radius 3 is 3.00 bits per heavy atom. The fourth-order valence-corrected chi connectivity index (χ4v) is 1.56. The van der Waals surface area contributed by atoms with Gasteiger partial charge in [-0.3, -0.25) is 10.1 Å². The molecule has 1 rings (SSSR count). The lowest BCUT2D eigenvalue weighted by Gasteiger charge is -2.15. The molecule has 0 spiro atoms. The minimum Gasteiger partial charge on any atom is -0.361 e. The Labute approximate surface area is 123 Å². The van der Waals surface area contributed by atoms with E-state index in [1.165, 1.54) is 17.1 Å². The zero-order chi connectivity index (χ0) is 15.0. The molecule has 0 heterocycles. The molecule has 0 atom stereocenters. The molecule has 0 unspecified atom stereocenters. The molecule has 0 aliphatic carbocycles. The summed E-state index contributed by atoms with van der Waals surface area (Å²) < 4.78 is 0. The summed E-state index contributed by atoms with van der Waals surface area (Å²) in [6.07, 6.45) is 3.68. The summed E-state index contributed by atoms with van der Waals surface area (Å²) >= 11 is 5.17. The molecule has 0 saturated carbocycles. The van der Waals surface area contributed by atoms with Crippen LogP contribution in [0.5, 0.6) is 0 Å². The van der Waals surface area contributed by atoms with Gasteiger partial charge in [0.05, 0.1) is 11.1 Å². The number of hydrogen-bond acceptors (Lipinski definition) is 4. The van der Waals surface area contributed by atoms with Crippen molar-refractivity contribution >= 4 is 29.2 Å². The van der Waals surface area contributed by atoms with Gasteiger partial charge >= 0.3 is 0 Å². The van der Waals surface area contributed by atoms with E-state index in [1.807, 2.05) is 0 Å². The van der Waals surface area contributed by atoms with E-state index in [1.54, 1.807) is 25.4 Å². The summed E-state index contributed by atoms with van der Waals surface area (Å²) in [7, 11) is 1.73. The summed E-state index contributed by atoms with van der Waals surface area (Å²) in [6.45, 7) is 2.92. The van der Waals surface area contributed by atoms with Crippen LogP contribution in [0.3, 0.4) is 0 Å². The second kappa shape index (κ2) is 8.21. The zero-order valence-corrected chi connectivity index (χ0v) is 12.4. The lowest BCUT2D eigenvalue weighted by molar-refractivity contribution is -0.384. The molecule has 0 aliphatic rings. The van der Waals surface area contributed by atoms with Crippen LogP contribution in [0.25, 0.3) is 0 Å². The van der Waals surface area contributed by atoms with Crippen LogP contribution in [0.2, 0.25) is 0 Å². The van der Waals surface area contributed by atoms with Gasteiger partial charge in [-0.15, -0.1) is 0 Å².